The fraction of sp³-hybridized carbons (Fsp3) is 1.00. The molecule has 2 unspecified atom stereocenters. The van der Waals surface area contributed by atoms with Gasteiger partial charge >= 0.3 is 0 Å². The van der Waals surface area contributed by atoms with Crippen LogP contribution in [0.5, 0.6) is 0 Å². The molecule has 0 aromatic rings. The first-order chi connectivity index (χ1) is 6.81. The summed E-state index contributed by atoms with van der Waals surface area (Å²) >= 11 is 0. The van der Waals surface area contributed by atoms with E-state index in [0.717, 1.165) is 19.6 Å². The summed E-state index contributed by atoms with van der Waals surface area (Å²) < 4.78 is 11.1. The molecule has 0 amide bonds. The molecule has 1 aliphatic rings. The quantitative estimate of drug-likeness (QED) is 0.678. The van der Waals surface area contributed by atoms with Crippen LogP contribution >= 0.6 is 0 Å². The topological polar surface area (TPSA) is 30.5 Å². The number of rotatable bonds is 7. The number of hydrogen-bond donors (Lipinski definition) is 1. The zero-order valence-electron chi connectivity index (χ0n) is 9.58. The molecule has 3 heteroatoms. The van der Waals surface area contributed by atoms with Crippen LogP contribution in [0, 0.1) is 0 Å². The van der Waals surface area contributed by atoms with Crippen LogP contribution in [0.15, 0.2) is 0 Å². The molecular weight excluding hydrogens is 178 g/mol. The molecule has 1 N–H and O–H groups in total. The molecule has 14 heavy (non-hydrogen) atoms. The monoisotopic (exact) mass is 201 g/mol. The van der Waals surface area contributed by atoms with Gasteiger partial charge in [0.2, 0.25) is 0 Å². The van der Waals surface area contributed by atoms with Gasteiger partial charge in [-0.3, -0.25) is 0 Å². The smallest absolute Gasteiger partial charge is 0.105 e. The van der Waals surface area contributed by atoms with Gasteiger partial charge in [-0.05, 0) is 19.9 Å². The molecule has 0 aromatic heterocycles. The van der Waals surface area contributed by atoms with Crippen LogP contribution in [-0.4, -0.2) is 38.5 Å². The standard InChI is InChI=1S/C11H23NO2/c1-4-6-10(12-3)11(5-2)14-9-7-13-8-9/h9-12H,4-8H2,1-3H3. The summed E-state index contributed by atoms with van der Waals surface area (Å²) in [6, 6.07) is 0.491. The van der Waals surface area contributed by atoms with Crippen LogP contribution in [0.4, 0.5) is 0 Å². The first-order valence-electron chi connectivity index (χ1n) is 5.72. The highest BCUT2D eigenvalue weighted by Gasteiger charge is 2.26. The van der Waals surface area contributed by atoms with Crippen molar-refractivity contribution in [2.75, 3.05) is 20.3 Å². The van der Waals surface area contributed by atoms with Crippen LogP contribution in [0.1, 0.15) is 33.1 Å². The Labute approximate surface area is 87.2 Å². The maximum atomic E-state index is 5.95. The van der Waals surface area contributed by atoms with E-state index in [1.165, 1.54) is 12.8 Å². The SMILES string of the molecule is CCCC(NC)C(CC)OC1COC1. The molecule has 0 bridgehead atoms. The Hall–Kier alpha value is -0.120. The Kier molecular flexibility index (Phi) is 5.45. The van der Waals surface area contributed by atoms with Crippen molar-refractivity contribution in [2.45, 2.75) is 51.4 Å². The lowest BCUT2D eigenvalue weighted by Crippen LogP contribution is -2.46. The Morgan fingerprint density at radius 2 is 2.14 bits per heavy atom. The van der Waals surface area contributed by atoms with Gasteiger partial charge in [0.05, 0.1) is 19.3 Å². The van der Waals surface area contributed by atoms with Crippen molar-refractivity contribution in [2.24, 2.45) is 0 Å². The largest absolute Gasteiger partial charge is 0.376 e. The van der Waals surface area contributed by atoms with Gasteiger partial charge in [0.1, 0.15) is 6.10 Å². The predicted molar refractivity (Wildman–Crippen MR) is 57.5 cm³/mol. The summed E-state index contributed by atoms with van der Waals surface area (Å²) in [5.74, 6) is 0. The van der Waals surface area contributed by atoms with E-state index in [1.807, 2.05) is 7.05 Å². The summed E-state index contributed by atoms with van der Waals surface area (Å²) in [6.07, 6.45) is 4.14. The minimum Gasteiger partial charge on any atom is -0.376 e. The second-order valence-corrected chi connectivity index (χ2v) is 3.93. The summed E-state index contributed by atoms with van der Waals surface area (Å²) in [4.78, 5) is 0. The Bertz CT molecular complexity index is 148. The van der Waals surface area contributed by atoms with Crippen molar-refractivity contribution in [3.05, 3.63) is 0 Å². The van der Waals surface area contributed by atoms with E-state index in [9.17, 15) is 0 Å². The van der Waals surface area contributed by atoms with Gasteiger partial charge in [-0.25, -0.2) is 0 Å². The highest BCUT2D eigenvalue weighted by atomic mass is 16.6. The van der Waals surface area contributed by atoms with Crippen molar-refractivity contribution in [1.82, 2.24) is 5.32 Å². The normalized spacial score (nSPS) is 21.6. The van der Waals surface area contributed by atoms with Gasteiger partial charge in [-0.15, -0.1) is 0 Å². The van der Waals surface area contributed by atoms with Crippen LogP contribution in [0.2, 0.25) is 0 Å². The van der Waals surface area contributed by atoms with Crippen molar-refractivity contribution >= 4 is 0 Å². The van der Waals surface area contributed by atoms with Crippen LogP contribution in [-0.2, 0) is 9.47 Å². The van der Waals surface area contributed by atoms with Gasteiger partial charge in [0.25, 0.3) is 0 Å². The molecule has 1 saturated heterocycles. The Morgan fingerprint density at radius 1 is 1.43 bits per heavy atom. The minimum atomic E-state index is 0.340. The molecule has 0 spiro atoms. The fourth-order valence-electron chi connectivity index (χ4n) is 1.84. The molecule has 1 fully saturated rings. The van der Waals surface area contributed by atoms with Gasteiger partial charge in [-0.2, -0.15) is 0 Å². The average Bonchev–Trinajstić information content (AvgIpc) is 2.14. The number of ether oxygens (including phenoxy) is 2. The average molecular weight is 201 g/mol. The van der Waals surface area contributed by atoms with E-state index < -0.39 is 0 Å². The molecule has 1 aliphatic heterocycles. The molecule has 1 heterocycles. The van der Waals surface area contributed by atoms with Crippen LogP contribution in [0.3, 0.4) is 0 Å². The summed E-state index contributed by atoms with van der Waals surface area (Å²) in [5, 5.41) is 3.34. The molecular formula is C11H23NO2. The second-order valence-electron chi connectivity index (χ2n) is 3.93. The molecule has 3 nitrogen and oxygen atoms in total. The maximum absolute atomic E-state index is 5.95. The highest BCUT2D eigenvalue weighted by Crippen LogP contribution is 2.15. The zero-order valence-corrected chi connectivity index (χ0v) is 9.58. The molecule has 84 valence electrons. The third kappa shape index (κ3) is 3.23. The van der Waals surface area contributed by atoms with E-state index in [-0.39, 0.29) is 0 Å². The van der Waals surface area contributed by atoms with Crippen molar-refractivity contribution in [3.63, 3.8) is 0 Å². The zero-order chi connectivity index (χ0) is 10.4. The van der Waals surface area contributed by atoms with E-state index >= 15 is 0 Å². The van der Waals surface area contributed by atoms with Crippen molar-refractivity contribution < 1.29 is 9.47 Å². The van der Waals surface area contributed by atoms with Gasteiger partial charge in [0, 0.05) is 6.04 Å². The van der Waals surface area contributed by atoms with Gasteiger partial charge in [-0.1, -0.05) is 20.3 Å². The fourth-order valence-corrected chi connectivity index (χ4v) is 1.84. The van der Waals surface area contributed by atoms with Gasteiger partial charge < -0.3 is 14.8 Å². The molecule has 0 radical (unpaired) electrons. The first kappa shape index (κ1) is 12.0. The number of hydrogen-bond acceptors (Lipinski definition) is 3. The van der Waals surface area contributed by atoms with E-state index in [2.05, 4.69) is 19.2 Å². The molecule has 1 rings (SSSR count). The van der Waals surface area contributed by atoms with E-state index in [4.69, 9.17) is 9.47 Å². The molecule has 0 aromatic carbocycles. The number of likely N-dealkylation sites (N-methyl/N-ethyl adjacent to an activating group) is 1. The van der Waals surface area contributed by atoms with Crippen LogP contribution in [0.25, 0.3) is 0 Å². The van der Waals surface area contributed by atoms with Crippen molar-refractivity contribution in [3.8, 4) is 0 Å². The third-order valence-electron chi connectivity index (χ3n) is 2.80. The lowest BCUT2D eigenvalue weighted by Gasteiger charge is -2.34. The summed E-state index contributed by atoms with van der Waals surface area (Å²) in [6.45, 7) is 5.95. The number of nitrogens with one attached hydrogen (secondary N) is 1. The van der Waals surface area contributed by atoms with E-state index in [0.29, 0.717) is 18.2 Å². The van der Waals surface area contributed by atoms with E-state index in [1.54, 1.807) is 0 Å². The molecule has 0 saturated carbocycles. The predicted octanol–water partition coefficient (Wildman–Crippen LogP) is 1.57. The van der Waals surface area contributed by atoms with Crippen molar-refractivity contribution in [1.29, 1.82) is 0 Å². The lowest BCUT2D eigenvalue weighted by molar-refractivity contribution is -0.161. The van der Waals surface area contributed by atoms with Gasteiger partial charge in [0.15, 0.2) is 0 Å². The Balaban J connectivity index is 2.32. The van der Waals surface area contributed by atoms with Crippen LogP contribution < -0.4 is 5.32 Å². The third-order valence-corrected chi connectivity index (χ3v) is 2.80. The Morgan fingerprint density at radius 3 is 2.50 bits per heavy atom. The minimum absolute atomic E-state index is 0.340. The molecule has 2 atom stereocenters. The highest BCUT2D eigenvalue weighted by molar-refractivity contribution is 4.77. The molecule has 0 aliphatic carbocycles. The maximum Gasteiger partial charge on any atom is 0.105 e. The second kappa shape index (κ2) is 6.38. The first-order valence-corrected chi connectivity index (χ1v) is 5.72. The summed E-state index contributed by atoms with van der Waals surface area (Å²) in [5.41, 5.74) is 0. The lowest BCUT2D eigenvalue weighted by atomic mass is 10.0. The summed E-state index contributed by atoms with van der Waals surface area (Å²) in [7, 11) is 2.02.